The second kappa shape index (κ2) is 36.3. The summed E-state index contributed by atoms with van der Waals surface area (Å²) < 4.78 is 6.50. The van der Waals surface area contributed by atoms with Crippen molar-refractivity contribution in [1.29, 1.82) is 0 Å². The molecule has 0 saturated carbocycles. The van der Waals surface area contributed by atoms with E-state index in [1.807, 2.05) is 36.4 Å². The minimum absolute atomic E-state index is 0.0556. The van der Waals surface area contributed by atoms with Gasteiger partial charge in [-0.2, -0.15) is 0 Å². The Labute approximate surface area is 377 Å². The maximum absolute atomic E-state index is 11.3. The normalized spacial score (nSPS) is 9.93. The van der Waals surface area contributed by atoms with E-state index in [0.717, 1.165) is 35.7 Å². The number of pyridine rings is 2. The molecular weight excluding hydrogens is 966 g/mol. The number of carbonyl (C=O) groups is 2. The van der Waals surface area contributed by atoms with Crippen LogP contribution in [0.15, 0.2) is 132 Å². The van der Waals surface area contributed by atoms with E-state index in [0.29, 0.717) is 11.4 Å². The van der Waals surface area contributed by atoms with Crippen LogP contribution in [-0.4, -0.2) is 76.6 Å². The topological polar surface area (TPSA) is 177 Å². The molecular formula is C48H58N4O6Sn2. The maximum Gasteiger partial charge on any atom is 0.0812 e. The number of para-hydroxylation sites is 4. The fourth-order valence-corrected chi connectivity index (χ4v) is 12.8. The molecule has 12 heteroatoms. The standard InChI is InChI=1S/2C12H10N2O.C8H6O4.4C4H9.2Sn/c2*15-12-7-2-1-6-11(12)14-9-10-5-3-4-8-13-10;9-7(10)5-1-2-6(4-3-5)8(11)12;4*1-3-4-2;;/h2*1-9,15H;1-4H,(H,9,10)(H,11,12);4*1,3-4H2,2H3;;/q;;;;;;;2*+2/p-4. The molecule has 0 spiro atoms. The molecule has 0 atom stereocenters. The third kappa shape index (κ3) is 27.2. The van der Waals surface area contributed by atoms with Crippen molar-refractivity contribution in [2.75, 3.05) is 0 Å². The zero-order valence-corrected chi connectivity index (χ0v) is 41.1. The molecule has 0 fully saturated rings. The Bertz CT molecular complexity index is 1750. The Kier molecular flexibility index (Phi) is 32.3. The van der Waals surface area contributed by atoms with E-state index in [4.69, 9.17) is 0 Å². The van der Waals surface area contributed by atoms with Gasteiger partial charge in [-0.25, -0.2) is 0 Å². The number of nitrogens with zero attached hydrogens (tertiary/aromatic N) is 4. The third-order valence-corrected chi connectivity index (χ3v) is 16.0. The van der Waals surface area contributed by atoms with Gasteiger partial charge in [0.05, 0.1) is 47.1 Å². The number of aliphatic imine (C=N–C) groups is 2. The van der Waals surface area contributed by atoms with Crippen LogP contribution in [0.25, 0.3) is 0 Å². The molecule has 0 N–H and O–H groups in total. The van der Waals surface area contributed by atoms with Crippen molar-refractivity contribution < 1.29 is 30.0 Å². The zero-order chi connectivity index (χ0) is 44.1. The van der Waals surface area contributed by atoms with Crippen molar-refractivity contribution in [3.63, 3.8) is 0 Å². The Morgan fingerprint density at radius 3 is 1.08 bits per heavy atom. The predicted octanol–water partition coefficient (Wildman–Crippen LogP) is 8.48. The minimum Gasteiger partial charge on any atom is -0.871 e. The first kappa shape index (κ1) is 53.5. The summed E-state index contributed by atoms with van der Waals surface area (Å²) in [5.74, 6) is -2.82. The molecule has 0 bridgehead atoms. The number of aromatic carboxylic acids is 2. The van der Waals surface area contributed by atoms with E-state index in [-0.39, 0.29) is 64.9 Å². The summed E-state index contributed by atoms with van der Waals surface area (Å²) in [5, 5.41) is 43.0. The summed E-state index contributed by atoms with van der Waals surface area (Å²) in [5.41, 5.74) is 2.23. The summed E-state index contributed by atoms with van der Waals surface area (Å²) in [6.45, 7) is 9.16. The minimum atomic E-state index is -1.33. The monoisotopic (exact) mass is 1030 g/mol. The molecule has 2 aromatic heterocycles. The Morgan fingerprint density at radius 1 is 0.500 bits per heavy atom. The van der Waals surface area contributed by atoms with Gasteiger partial charge in [0.2, 0.25) is 0 Å². The van der Waals surface area contributed by atoms with Crippen LogP contribution >= 0.6 is 0 Å². The zero-order valence-electron chi connectivity index (χ0n) is 35.4. The van der Waals surface area contributed by atoms with Crippen molar-refractivity contribution >= 4 is 78.0 Å². The van der Waals surface area contributed by atoms with E-state index in [1.165, 1.54) is 63.5 Å². The molecule has 0 aliphatic rings. The molecule has 0 saturated heterocycles. The SMILES string of the molecule is CCC[CH2][Sn+2][CH2]CCC.CCC[CH2][Sn+2][CH2]CCC.O=C([O-])c1ccc(C(=O)[O-])cc1.[O-]c1ccccc1N=Cc1ccccn1.[O-]c1ccccc1N=Cc1ccccn1. The first-order valence-electron chi connectivity index (χ1n) is 20.5. The molecule has 0 amide bonds. The summed E-state index contributed by atoms with van der Waals surface area (Å²) in [6.07, 6.45) is 18.2. The number of unbranched alkanes of at least 4 members (excludes halogenated alkanes) is 4. The maximum atomic E-state index is 11.3. The van der Waals surface area contributed by atoms with Crippen LogP contribution in [0.5, 0.6) is 11.5 Å². The van der Waals surface area contributed by atoms with Gasteiger partial charge < -0.3 is 30.0 Å². The molecule has 5 rings (SSSR count). The third-order valence-electron chi connectivity index (χ3n) is 7.96. The summed E-state index contributed by atoms with van der Waals surface area (Å²) in [4.78, 5) is 36.7. The van der Waals surface area contributed by atoms with Gasteiger partial charge in [0.25, 0.3) is 0 Å². The van der Waals surface area contributed by atoms with Crippen LogP contribution < -0.4 is 20.4 Å². The summed E-state index contributed by atoms with van der Waals surface area (Å²) in [6, 6.07) is 29.0. The summed E-state index contributed by atoms with van der Waals surface area (Å²) >= 11 is 0.299. The van der Waals surface area contributed by atoms with Gasteiger partial charge in [-0.3, -0.25) is 20.0 Å². The van der Waals surface area contributed by atoms with Crippen LogP contribution in [-0.2, 0) is 0 Å². The van der Waals surface area contributed by atoms with E-state index in [1.54, 1.807) is 79.0 Å². The predicted molar refractivity (Wildman–Crippen MR) is 240 cm³/mol. The molecule has 0 radical (unpaired) electrons. The number of hydrogen-bond donors (Lipinski definition) is 0. The molecule has 60 heavy (non-hydrogen) atoms. The number of rotatable bonds is 18. The molecule has 5 aromatic rings. The molecule has 3 aromatic carbocycles. The first-order chi connectivity index (χ1) is 29.2. The molecule has 0 aliphatic carbocycles. The van der Waals surface area contributed by atoms with Crippen molar-refractivity contribution in [1.82, 2.24) is 9.97 Å². The van der Waals surface area contributed by atoms with Gasteiger partial charge in [-0.15, -0.1) is 0 Å². The van der Waals surface area contributed by atoms with Gasteiger partial charge in [-0.1, -0.05) is 84.3 Å². The Balaban J connectivity index is 0.000000382. The van der Waals surface area contributed by atoms with Gasteiger partial charge in [0, 0.05) is 12.4 Å². The van der Waals surface area contributed by atoms with Gasteiger partial charge in [-0.05, 0) is 47.5 Å². The summed E-state index contributed by atoms with van der Waals surface area (Å²) in [7, 11) is 0. The molecule has 0 aliphatic heterocycles. The number of carbonyl (C=O) groups excluding carboxylic acids is 2. The molecule has 10 nitrogen and oxygen atoms in total. The van der Waals surface area contributed by atoms with Gasteiger partial charge in [0.1, 0.15) is 0 Å². The molecule has 314 valence electrons. The van der Waals surface area contributed by atoms with Crippen LogP contribution in [0.4, 0.5) is 11.4 Å². The molecule has 0 unspecified atom stereocenters. The van der Waals surface area contributed by atoms with Gasteiger partial charge >= 0.3 is 139 Å². The number of benzene rings is 3. The number of carboxylic acid groups (broad SMARTS) is 2. The fourth-order valence-electron chi connectivity index (χ4n) is 4.50. The second-order valence-electron chi connectivity index (χ2n) is 13.0. The van der Waals surface area contributed by atoms with Crippen LogP contribution in [0.2, 0.25) is 17.7 Å². The second-order valence-corrected chi connectivity index (χ2v) is 21.6. The van der Waals surface area contributed by atoms with E-state index in [2.05, 4.69) is 47.6 Å². The average Bonchev–Trinajstić information content (AvgIpc) is 3.27. The largest absolute Gasteiger partial charge is 0.871 e. The number of hydrogen-bond acceptors (Lipinski definition) is 10. The van der Waals surface area contributed by atoms with Crippen LogP contribution in [0.1, 0.15) is 111 Å². The average molecular weight is 1020 g/mol. The van der Waals surface area contributed by atoms with Crippen molar-refractivity contribution in [3.8, 4) is 11.5 Å². The fraction of sp³-hybridized carbons (Fsp3) is 0.333. The molecule has 2 heterocycles. The van der Waals surface area contributed by atoms with Crippen molar-refractivity contribution in [3.05, 3.63) is 144 Å². The van der Waals surface area contributed by atoms with Gasteiger partial charge in [0.15, 0.2) is 0 Å². The first-order valence-corrected chi connectivity index (χ1v) is 28.6. The number of aromatic nitrogens is 2. The smallest absolute Gasteiger partial charge is 0.0812 e. The van der Waals surface area contributed by atoms with E-state index < -0.39 is 11.9 Å². The Morgan fingerprint density at radius 2 is 0.817 bits per heavy atom. The van der Waals surface area contributed by atoms with Crippen molar-refractivity contribution in [2.45, 2.75) is 96.8 Å². The van der Waals surface area contributed by atoms with Crippen LogP contribution in [0.3, 0.4) is 0 Å². The van der Waals surface area contributed by atoms with Crippen LogP contribution in [0, 0.1) is 0 Å². The Hall–Kier alpha value is -4.56. The number of carboxylic acids is 2. The quantitative estimate of drug-likeness (QED) is 0.0477. The van der Waals surface area contributed by atoms with E-state index in [9.17, 15) is 30.0 Å². The van der Waals surface area contributed by atoms with Crippen molar-refractivity contribution in [2.24, 2.45) is 9.98 Å². The van der Waals surface area contributed by atoms with E-state index >= 15 is 0 Å².